The highest BCUT2D eigenvalue weighted by molar-refractivity contribution is 5.91. The van der Waals surface area contributed by atoms with Crippen molar-refractivity contribution in [3.05, 3.63) is 78.1 Å². The van der Waals surface area contributed by atoms with Gasteiger partial charge in [-0.15, -0.1) is 10.2 Å². The zero-order valence-corrected chi connectivity index (χ0v) is 12.7. The standard InChI is InChI=1S/C18H15FN4O/c19-14-8-6-13(7-9-14)12-18(24)21-17-11-10-16(22-23-17)20-15-4-2-1-3-5-15/h1-11H,12H2,(H,20,22)(H,21,23,24). The van der Waals surface area contributed by atoms with Crippen LogP contribution in [0.3, 0.4) is 0 Å². The van der Waals surface area contributed by atoms with Crippen molar-refractivity contribution >= 4 is 23.2 Å². The van der Waals surface area contributed by atoms with Crippen molar-refractivity contribution < 1.29 is 9.18 Å². The minimum absolute atomic E-state index is 0.145. The predicted octanol–water partition coefficient (Wildman–Crippen LogP) is 3.54. The average molecular weight is 322 g/mol. The maximum atomic E-state index is 12.8. The lowest BCUT2D eigenvalue weighted by Gasteiger charge is -2.07. The molecule has 2 N–H and O–H groups in total. The number of para-hydroxylation sites is 1. The number of aromatic nitrogens is 2. The van der Waals surface area contributed by atoms with Gasteiger partial charge in [-0.3, -0.25) is 4.79 Å². The molecule has 0 radical (unpaired) electrons. The molecule has 0 saturated heterocycles. The number of rotatable bonds is 5. The first-order chi connectivity index (χ1) is 11.7. The summed E-state index contributed by atoms with van der Waals surface area (Å²) >= 11 is 0. The molecular formula is C18H15FN4O. The van der Waals surface area contributed by atoms with Gasteiger partial charge in [0.05, 0.1) is 6.42 Å². The van der Waals surface area contributed by atoms with Crippen LogP contribution < -0.4 is 10.6 Å². The first kappa shape index (κ1) is 15.6. The highest BCUT2D eigenvalue weighted by Crippen LogP contribution is 2.14. The van der Waals surface area contributed by atoms with E-state index in [0.717, 1.165) is 11.3 Å². The number of carbonyl (C=O) groups excluding carboxylic acids is 1. The Bertz CT molecular complexity index is 805. The van der Waals surface area contributed by atoms with E-state index in [0.29, 0.717) is 11.6 Å². The third-order valence-electron chi connectivity index (χ3n) is 3.26. The Morgan fingerprint density at radius 2 is 1.54 bits per heavy atom. The summed E-state index contributed by atoms with van der Waals surface area (Å²) in [6.45, 7) is 0. The van der Waals surface area contributed by atoms with Crippen molar-refractivity contribution in [3.63, 3.8) is 0 Å². The fourth-order valence-electron chi connectivity index (χ4n) is 2.11. The molecule has 1 aromatic heterocycles. The molecule has 2 aromatic carbocycles. The molecule has 0 spiro atoms. The number of hydrogen-bond donors (Lipinski definition) is 2. The summed E-state index contributed by atoms with van der Waals surface area (Å²) in [5, 5.41) is 13.8. The average Bonchev–Trinajstić information content (AvgIpc) is 2.60. The van der Waals surface area contributed by atoms with Gasteiger partial charge in [0, 0.05) is 5.69 Å². The lowest BCUT2D eigenvalue weighted by atomic mass is 10.1. The Morgan fingerprint density at radius 3 is 2.21 bits per heavy atom. The van der Waals surface area contributed by atoms with Crippen molar-refractivity contribution in [2.45, 2.75) is 6.42 Å². The first-order valence-corrected chi connectivity index (χ1v) is 7.39. The molecule has 120 valence electrons. The molecule has 0 fully saturated rings. The van der Waals surface area contributed by atoms with E-state index >= 15 is 0 Å². The van der Waals surface area contributed by atoms with E-state index in [1.807, 2.05) is 30.3 Å². The number of nitrogens with one attached hydrogen (secondary N) is 2. The third-order valence-corrected chi connectivity index (χ3v) is 3.26. The van der Waals surface area contributed by atoms with Gasteiger partial charge in [0.25, 0.3) is 0 Å². The molecule has 1 heterocycles. The summed E-state index contributed by atoms with van der Waals surface area (Å²) in [5.41, 5.74) is 1.63. The number of halogens is 1. The summed E-state index contributed by atoms with van der Waals surface area (Å²) < 4.78 is 12.8. The van der Waals surface area contributed by atoms with E-state index in [-0.39, 0.29) is 18.1 Å². The van der Waals surface area contributed by atoms with Crippen LogP contribution in [-0.2, 0) is 11.2 Å². The Morgan fingerprint density at radius 1 is 0.875 bits per heavy atom. The van der Waals surface area contributed by atoms with Crippen LogP contribution in [0.25, 0.3) is 0 Å². The largest absolute Gasteiger partial charge is 0.339 e. The molecule has 0 saturated carbocycles. The molecular weight excluding hydrogens is 307 g/mol. The second-order valence-corrected chi connectivity index (χ2v) is 5.15. The summed E-state index contributed by atoms with van der Waals surface area (Å²) in [6.07, 6.45) is 0.145. The minimum atomic E-state index is -0.327. The summed E-state index contributed by atoms with van der Waals surface area (Å²) in [4.78, 5) is 12.0. The number of carbonyl (C=O) groups is 1. The van der Waals surface area contributed by atoms with Gasteiger partial charge in [-0.2, -0.15) is 0 Å². The molecule has 0 bridgehead atoms. The van der Waals surface area contributed by atoms with E-state index in [2.05, 4.69) is 20.8 Å². The van der Waals surface area contributed by atoms with Gasteiger partial charge in [-0.05, 0) is 42.0 Å². The lowest BCUT2D eigenvalue weighted by molar-refractivity contribution is -0.115. The van der Waals surface area contributed by atoms with Crippen LogP contribution in [0.1, 0.15) is 5.56 Å². The van der Waals surface area contributed by atoms with Crippen LogP contribution >= 0.6 is 0 Å². The molecule has 0 aliphatic rings. The van der Waals surface area contributed by atoms with Crippen molar-refractivity contribution in [2.75, 3.05) is 10.6 Å². The van der Waals surface area contributed by atoms with Gasteiger partial charge in [0.1, 0.15) is 5.82 Å². The first-order valence-electron chi connectivity index (χ1n) is 7.39. The van der Waals surface area contributed by atoms with Crippen LogP contribution in [0.5, 0.6) is 0 Å². The second kappa shape index (κ2) is 7.32. The predicted molar refractivity (Wildman–Crippen MR) is 90.5 cm³/mol. The van der Waals surface area contributed by atoms with Gasteiger partial charge >= 0.3 is 0 Å². The maximum Gasteiger partial charge on any atom is 0.229 e. The Hall–Kier alpha value is -3.28. The highest BCUT2D eigenvalue weighted by Gasteiger charge is 2.06. The molecule has 0 aliphatic carbocycles. The zero-order chi connectivity index (χ0) is 16.8. The zero-order valence-electron chi connectivity index (χ0n) is 12.7. The van der Waals surface area contributed by atoms with Crippen molar-refractivity contribution in [3.8, 4) is 0 Å². The van der Waals surface area contributed by atoms with E-state index in [1.165, 1.54) is 12.1 Å². The van der Waals surface area contributed by atoms with E-state index in [1.54, 1.807) is 24.3 Å². The molecule has 3 aromatic rings. The molecule has 0 unspecified atom stereocenters. The van der Waals surface area contributed by atoms with Crippen molar-refractivity contribution in [1.82, 2.24) is 10.2 Å². The van der Waals surface area contributed by atoms with Gasteiger partial charge in [0.2, 0.25) is 5.91 Å². The second-order valence-electron chi connectivity index (χ2n) is 5.15. The van der Waals surface area contributed by atoms with Crippen LogP contribution in [-0.4, -0.2) is 16.1 Å². The molecule has 6 heteroatoms. The fraction of sp³-hybridized carbons (Fsp3) is 0.0556. The number of hydrogen-bond acceptors (Lipinski definition) is 4. The van der Waals surface area contributed by atoms with E-state index < -0.39 is 0 Å². The summed E-state index contributed by atoms with van der Waals surface area (Å²) in [7, 11) is 0. The van der Waals surface area contributed by atoms with Gasteiger partial charge < -0.3 is 10.6 Å². The SMILES string of the molecule is O=C(Cc1ccc(F)cc1)Nc1ccc(Nc2ccccc2)nn1. The molecule has 1 amide bonds. The van der Waals surface area contributed by atoms with Crippen LogP contribution in [0.15, 0.2) is 66.7 Å². The van der Waals surface area contributed by atoms with E-state index in [9.17, 15) is 9.18 Å². The Labute approximate surface area is 138 Å². The Balaban J connectivity index is 1.57. The number of anilines is 3. The lowest BCUT2D eigenvalue weighted by Crippen LogP contribution is -2.15. The molecule has 0 atom stereocenters. The van der Waals surface area contributed by atoms with Gasteiger partial charge in [-0.25, -0.2) is 4.39 Å². The van der Waals surface area contributed by atoms with Crippen LogP contribution in [0.4, 0.5) is 21.7 Å². The smallest absolute Gasteiger partial charge is 0.229 e. The molecule has 5 nitrogen and oxygen atoms in total. The normalized spacial score (nSPS) is 10.2. The topological polar surface area (TPSA) is 66.9 Å². The molecule has 24 heavy (non-hydrogen) atoms. The minimum Gasteiger partial charge on any atom is -0.339 e. The molecule has 3 rings (SSSR count). The monoisotopic (exact) mass is 322 g/mol. The quantitative estimate of drug-likeness (QED) is 0.754. The number of benzene rings is 2. The highest BCUT2D eigenvalue weighted by atomic mass is 19.1. The van der Waals surface area contributed by atoms with Crippen molar-refractivity contribution in [2.24, 2.45) is 0 Å². The van der Waals surface area contributed by atoms with Crippen LogP contribution in [0.2, 0.25) is 0 Å². The Kier molecular flexibility index (Phi) is 4.76. The van der Waals surface area contributed by atoms with Crippen molar-refractivity contribution in [1.29, 1.82) is 0 Å². The third kappa shape index (κ3) is 4.36. The van der Waals surface area contributed by atoms with Crippen LogP contribution in [0, 0.1) is 5.82 Å². The van der Waals surface area contributed by atoms with Gasteiger partial charge in [0.15, 0.2) is 11.6 Å². The number of nitrogens with zero attached hydrogens (tertiary/aromatic N) is 2. The summed E-state index contributed by atoms with van der Waals surface area (Å²) in [5.74, 6) is 0.379. The van der Waals surface area contributed by atoms with Gasteiger partial charge in [-0.1, -0.05) is 30.3 Å². The van der Waals surface area contributed by atoms with E-state index in [4.69, 9.17) is 0 Å². The maximum absolute atomic E-state index is 12.8. The molecule has 0 aliphatic heterocycles. The summed E-state index contributed by atoms with van der Waals surface area (Å²) in [6, 6.07) is 18.8. The number of amides is 1. The fourth-order valence-corrected chi connectivity index (χ4v) is 2.11.